The van der Waals surface area contributed by atoms with Crippen molar-refractivity contribution in [1.29, 1.82) is 0 Å². The maximum atomic E-state index is 5.48. The lowest BCUT2D eigenvalue weighted by molar-refractivity contribution is 0.174. The fourth-order valence-electron chi connectivity index (χ4n) is 3.47. The summed E-state index contributed by atoms with van der Waals surface area (Å²) >= 11 is 0. The summed E-state index contributed by atoms with van der Waals surface area (Å²) in [5.74, 6) is 3.67. The first-order chi connectivity index (χ1) is 12.8. The Hall–Kier alpha value is -2.54. The van der Waals surface area contributed by atoms with Crippen molar-refractivity contribution in [1.82, 2.24) is 14.9 Å². The molecule has 3 aliphatic rings. The van der Waals surface area contributed by atoms with E-state index < -0.39 is 0 Å². The largest absolute Gasteiger partial charge is 0.454 e. The van der Waals surface area contributed by atoms with Gasteiger partial charge in [-0.15, -0.1) is 0 Å². The van der Waals surface area contributed by atoms with E-state index in [-0.39, 0.29) is 0 Å². The topological polar surface area (TPSA) is 62.8 Å². The lowest BCUT2D eigenvalue weighted by Gasteiger charge is -2.35. The summed E-state index contributed by atoms with van der Waals surface area (Å²) in [5.41, 5.74) is 1.26. The maximum absolute atomic E-state index is 5.48. The van der Waals surface area contributed by atoms with Crippen LogP contribution in [0.25, 0.3) is 0 Å². The summed E-state index contributed by atoms with van der Waals surface area (Å²) < 4.78 is 10.9. The SMILES string of the molecule is c1nc(NC2CC2)cc(N2CCN(Cc3ccc4c(c3)OCO4)CC2)n1. The number of aromatic nitrogens is 2. The molecule has 2 aliphatic heterocycles. The van der Waals surface area contributed by atoms with Gasteiger partial charge in [0.05, 0.1) is 0 Å². The van der Waals surface area contributed by atoms with E-state index in [0.29, 0.717) is 12.8 Å². The molecule has 0 unspecified atom stereocenters. The zero-order chi connectivity index (χ0) is 17.3. The summed E-state index contributed by atoms with van der Waals surface area (Å²) in [6.45, 7) is 5.25. The molecule has 2 fully saturated rings. The average molecular weight is 353 g/mol. The molecule has 1 saturated carbocycles. The molecule has 1 aromatic heterocycles. The molecule has 1 aliphatic carbocycles. The summed E-state index contributed by atoms with van der Waals surface area (Å²) in [6.07, 6.45) is 4.16. The molecule has 1 N–H and O–H groups in total. The van der Waals surface area contributed by atoms with Crippen LogP contribution in [-0.4, -0.2) is 53.9 Å². The van der Waals surface area contributed by atoms with Crippen LogP contribution in [0.15, 0.2) is 30.6 Å². The molecular formula is C19H23N5O2. The number of fused-ring (bicyclic) bond motifs is 1. The molecule has 7 heteroatoms. The minimum Gasteiger partial charge on any atom is -0.454 e. The first kappa shape index (κ1) is 15.7. The maximum Gasteiger partial charge on any atom is 0.231 e. The first-order valence-electron chi connectivity index (χ1n) is 9.28. The third-order valence-corrected chi connectivity index (χ3v) is 5.12. The second-order valence-corrected chi connectivity index (χ2v) is 7.13. The number of hydrogen-bond donors (Lipinski definition) is 1. The molecule has 0 amide bonds. The standard InChI is InChI=1S/C19H23N5O2/c1-4-16-17(26-13-25-16)9-14(1)11-23-5-7-24(8-6-23)19-10-18(20-12-21-19)22-15-2-3-15/h1,4,9-10,12,15H,2-3,5-8,11,13H2,(H,20,21,22). The molecule has 0 spiro atoms. The van der Waals surface area contributed by atoms with Gasteiger partial charge in [0.2, 0.25) is 6.79 Å². The number of rotatable bonds is 5. The monoisotopic (exact) mass is 353 g/mol. The van der Waals surface area contributed by atoms with E-state index in [0.717, 1.165) is 55.9 Å². The fourth-order valence-corrected chi connectivity index (χ4v) is 3.47. The van der Waals surface area contributed by atoms with Crippen LogP contribution in [0.5, 0.6) is 11.5 Å². The van der Waals surface area contributed by atoms with Gasteiger partial charge in [0, 0.05) is 44.8 Å². The van der Waals surface area contributed by atoms with Crippen LogP contribution in [0.2, 0.25) is 0 Å². The number of ether oxygens (including phenoxy) is 2. The normalized spacial score (nSPS) is 19.6. The molecule has 2 aromatic rings. The van der Waals surface area contributed by atoms with E-state index in [1.807, 2.05) is 6.07 Å². The van der Waals surface area contributed by atoms with Crippen LogP contribution in [0.4, 0.5) is 11.6 Å². The van der Waals surface area contributed by atoms with Gasteiger partial charge in [-0.2, -0.15) is 0 Å². The predicted octanol–water partition coefficient (Wildman–Crippen LogP) is 2.10. The molecule has 1 aromatic carbocycles. The lowest BCUT2D eigenvalue weighted by Crippen LogP contribution is -2.46. The third kappa shape index (κ3) is 3.39. The highest BCUT2D eigenvalue weighted by atomic mass is 16.7. The van der Waals surface area contributed by atoms with Gasteiger partial charge in [-0.1, -0.05) is 6.07 Å². The van der Waals surface area contributed by atoms with Crippen LogP contribution in [0.3, 0.4) is 0 Å². The third-order valence-electron chi connectivity index (χ3n) is 5.12. The highest BCUT2D eigenvalue weighted by molar-refractivity contribution is 5.50. The number of nitrogens with one attached hydrogen (secondary N) is 1. The molecule has 0 radical (unpaired) electrons. The van der Waals surface area contributed by atoms with Gasteiger partial charge in [0.1, 0.15) is 18.0 Å². The summed E-state index contributed by atoms with van der Waals surface area (Å²) in [6, 6.07) is 8.90. The highest BCUT2D eigenvalue weighted by Gasteiger charge is 2.23. The second kappa shape index (κ2) is 6.64. The molecule has 7 nitrogen and oxygen atoms in total. The van der Waals surface area contributed by atoms with Crippen LogP contribution >= 0.6 is 0 Å². The second-order valence-electron chi connectivity index (χ2n) is 7.13. The fraction of sp³-hybridized carbons (Fsp3) is 0.474. The zero-order valence-electron chi connectivity index (χ0n) is 14.7. The van der Waals surface area contributed by atoms with Gasteiger partial charge in [-0.25, -0.2) is 9.97 Å². The minimum absolute atomic E-state index is 0.327. The van der Waals surface area contributed by atoms with Crippen molar-refractivity contribution < 1.29 is 9.47 Å². The average Bonchev–Trinajstić information content (AvgIpc) is 3.36. The molecular weight excluding hydrogens is 330 g/mol. The van der Waals surface area contributed by atoms with Gasteiger partial charge in [-0.05, 0) is 30.5 Å². The number of anilines is 2. The molecule has 5 rings (SSSR count). The van der Waals surface area contributed by atoms with Crippen LogP contribution in [-0.2, 0) is 6.54 Å². The number of hydrogen-bond acceptors (Lipinski definition) is 7. The van der Waals surface area contributed by atoms with Gasteiger partial charge < -0.3 is 19.7 Å². The number of nitrogens with zero attached hydrogens (tertiary/aromatic N) is 4. The summed E-state index contributed by atoms with van der Waals surface area (Å²) in [5, 5.41) is 3.45. The van der Waals surface area contributed by atoms with E-state index in [4.69, 9.17) is 9.47 Å². The Bertz CT molecular complexity index is 787. The Kier molecular flexibility index (Phi) is 4.01. The predicted molar refractivity (Wildman–Crippen MR) is 98.7 cm³/mol. The van der Waals surface area contributed by atoms with Gasteiger partial charge >= 0.3 is 0 Å². The van der Waals surface area contributed by atoms with E-state index in [2.05, 4.69) is 43.3 Å². The van der Waals surface area contributed by atoms with Crippen molar-refractivity contribution >= 4 is 11.6 Å². The van der Waals surface area contributed by atoms with Gasteiger partial charge in [-0.3, -0.25) is 4.90 Å². The van der Waals surface area contributed by atoms with E-state index in [1.54, 1.807) is 6.33 Å². The van der Waals surface area contributed by atoms with E-state index in [9.17, 15) is 0 Å². The van der Waals surface area contributed by atoms with E-state index >= 15 is 0 Å². The highest BCUT2D eigenvalue weighted by Crippen LogP contribution is 2.33. The first-order valence-corrected chi connectivity index (χ1v) is 9.28. The molecule has 1 saturated heterocycles. The Morgan fingerprint density at radius 1 is 1.00 bits per heavy atom. The van der Waals surface area contributed by atoms with E-state index in [1.165, 1.54) is 18.4 Å². The number of benzene rings is 1. The van der Waals surface area contributed by atoms with Crippen LogP contribution < -0.4 is 19.7 Å². The van der Waals surface area contributed by atoms with Gasteiger partial charge in [0.15, 0.2) is 11.5 Å². The smallest absolute Gasteiger partial charge is 0.231 e. The van der Waals surface area contributed by atoms with Crippen molar-refractivity contribution in [3.8, 4) is 11.5 Å². The Balaban J connectivity index is 1.18. The molecule has 0 atom stereocenters. The molecule has 26 heavy (non-hydrogen) atoms. The van der Waals surface area contributed by atoms with Crippen LogP contribution in [0, 0.1) is 0 Å². The van der Waals surface area contributed by atoms with Crippen molar-refractivity contribution in [2.75, 3.05) is 43.2 Å². The van der Waals surface area contributed by atoms with Crippen molar-refractivity contribution in [2.45, 2.75) is 25.4 Å². The molecule has 136 valence electrons. The zero-order valence-corrected chi connectivity index (χ0v) is 14.7. The lowest BCUT2D eigenvalue weighted by atomic mass is 10.1. The quantitative estimate of drug-likeness (QED) is 0.883. The minimum atomic E-state index is 0.327. The van der Waals surface area contributed by atoms with Crippen LogP contribution in [0.1, 0.15) is 18.4 Å². The summed E-state index contributed by atoms with van der Waals surface area (Å²) in [4.78, 5) is 13.6. The van der Waals surface area contributed by atoms with Crippen molar-refractivity contribution in [2.24, 2.45) is 0 Å². The molecule has 0 bridgehead atoms. The Morgan fingerprint density at radius 2 is 1.85 bits per heavy atom. The van der Waals surface area contributed by atoms with Crippen molar-refractivity contribution in [3.63, 3.8) is 0 Å². The van der Waals surface area contributed by atoms with Gasteiger partial charge in [0.25, 0.3) is 0 Å². The summed E-state index contributed by atoms with van der Waals surface area (Å²) in [7, 11) is 0. The van der Waals surface area contributed by atoms with Crippen molar-refractivity contribution in [3.05, 3.63) is 36.2 Å². The Morgan fingerprint density at radius 3 is 2.69 bits per heavy atom. The molecule has 3 heterocycles. The Labute approximate surface area is 152 Å². The number of piperazine rings is 1.